The fraction of sp³-hybridized carbons (Fsp3) is 0.0556. The van der Waals surface area contributed by atoms with E-state index in [1.54, 1.807) is 78.9 Å². The normalized spacial score (nSPS) is 14.9. The largest absolute Gasteiger partial charge is 0.321 e. The molecule has 4 aromatic carbocycles. The van der Waals surface area contributed by atoms with Crippen LogP contribution in [0.15, 0.2) is 147 Å². The monoisotopic (exact) mass is 657 g/mol. The molecule has 2 heterocycles. The molecule has 1 fully saturated rings. The van der Waals surface area contributed by atoms with Crippen LogP contribution in [0.25, 0.3) is 6.08 Å². The van der Waals surface area contributed by atoms with Gasteiger partial charge in [-0.05, 0) is 101 Å². The van der Waals surface area contributed by atoms with Crippen LogP contribution in [0.2, 0.25) is 0 Å². The van der Waals surface area contributed by atoms with E-state index in [0.717, 1.165) is 16.1 Å². The molecule has 4 amide bonds. The molecule has 47 heavy (non-hydrogen) atoms. The Morgan fingerprint density at radius 3 is 2.13 bits per heavy atom. The number of rotatable bonds is 10. The summed E-state index contributed by atoms with van der Waals surface area (Å²) in [6.45, 7) is 0. The van der Waals surface area contributed by atoms with E-state index in [9.17, 15) is 19.2 Å². The number of nitrogens with one attached hydrogen (secondary N) is 2. The van der Waals surface area contributed by atoms with Crippen molar-refractivity contribution >= 4 is 75.6 Å². The minimum absolute atomic E-state index is 0.0648. The summed E-state index contributed by atoms with van der Waals surface area (Å²) >= 11 is 2.77. The highest BCUT2D eigenvalue weighted by molar-refractivity contribution is 8.00. The maximum Gasteiger partial charge on any atom is 0.272 e. The zero-order chi connectivity index (χ0) is 32.6. The van der Waals surface area contributed by atoms with Crippen LogP contribution in [0.5, 0.6) is 0 Å². The summed E-state index contributed by atoms with van der Waals surface area (Å²) in [5.41, 5.74) is 3.61. The van der Waals surface area contributed by atoms with Gasteiger partial charge in [0.25, 0.3) is 11.8 Å². The van der Waals surface area contributed by atoms with Crippen LogP contribution in [0.1, 0.15) is 22.3 Å². The molecule has 5 aromatic rings. The van der Waals surface area contributed by atoms with Crippen molar-refractivity contribution in [3.8, 4) is 0 Å². The van der Waals surface area contributed by atoms with Gasteiger partial charge in [-0.1, -0.05) is 36.4 Å². The predicted molar refractivity (Wildman–Crippen MR) is 185 cm³/mol. The van der Waals surface area contributed by atoms with Crippen molar-refractivity contribution in [3.05, 3.63) is 143 Å². The molecular formula is C36H27N5O4S2. The maximum atomic E-state index is 13.3. The average Bonchev–Trinajstić information content (AvgIpc) is 3.72. The topological polar surface area (TPSA) is 120 Å². The van der Waals surface area contributed by atoms with Crippen LogP contribution in [-0.2, 0) is 14.4 Å². The molecule has 0 saturated carbocycles. The number of carbonyl (C=O) groups excluding carboxylic acids is 4. The van der Waals surface area contributed by atoms with E-state index < -0.39 is 17.1 Å². The molecule has 1 aromatic heterocycles. The van der Waals surface area contributed by atoms with Crippen LogP contribution < -0.4 is 15.5 Å². The number of benzene rings is 4. The van der Waals surface area contributed by atoms with Crippen LogP contribution in [-0.4, -0.2) is 28.9 Å². The molecule has 9 nitrogen and oxygen atoms in total. The van der Waals surface area contributed by atoms with Gasteiger partial charge < -0.3 is 10.6 Å². The SMILES string of the molecule is O=C(Nc1ccc(SC2CC(=O)N(c3ccc(N=Nc4ccccc4)cc3)C2=O)cc1)C(=Cc1ccsc1)NC(=O)c1ccccc1. The molecule has 1 aliphatic rings. The summed E-state index contributed by atoms with van der Waals surface area (Å²) in [5.74, 6) is -1.46. The first-order valence-electron chi connectivity index (χ1n) is 14.5. The molecule has 0 radical (unpaired) electrons. The number of carbonyl (C=O) groups is 4. The fourth-order valence-corrected chi connectivity index (χ4v) is 6.36. The van der Waals surface area contributed by atoms with Crippen molar-refractivity contribution in [1.82, 2.24) is 5.32 Å². The highest BCUT2D eigenvalue weighted by atomic mass is 32.2. The Labute approximate surface area is 279 Å². The Hall–Kier alpha value is -5.65. The van der Waals surface area contributed by atoms with Gasteiger partial charge in [0.15, 0.2) is 0 Å². The van der Waals surface area contributed by atoms with Crippen molar-refractivity contribution in [3.63, 3.8) is 0 Å². The first-order valence-corrected chi connectivity index (χ1v) is 16.4. The van der Waals surface area contributed by atoms with Crippen LogP contribution >= 0.6 is 23.1 Å². The first-order chi connectivity index (χ1) is 22.9. The maximum absolute atomic E-state index is 13.3. The third kappa shape index (κ3) is 7.96. The van der Waals surface area contributed by atoms with E-state index in [0.29, 0.717) is 22.6 Å². The highest BCUT2D eigenvalue weighted by Crippen LogP contribution is 2.35. The second kappa shape index (κ2) is 14.6. The minimum atomic E-state index is -0.589. The van der Waals surface area contributed by atoms with Gasteiger partial charge in [0.05, 0.1) is 22.3 Å². The van der Waals surface area contributed by atoms with Gasteiger partial charge in [0, 0.05) is 22.6 Å². The Morgan fingerprint density at radius 1 is 0.809 bits per heavy atom. The Balaban J connectivity index is 1.08. The molecule has 0 bridgehead atoms. The number of amides is 4. The number of nitrogens with zero attached hydrogens (tertiary/aromatic N) is 3. The van der Waals surface area contributed by atoms with Gasteiger partial charge >= 0.3 is 0 Å². The fourth-order valence-electron chi connectivity index (χ4n) is 4.69. The smallest absolute Gasteiger partial charge is 0.272 e. The van der Waals surface area contributed by atoms with Crippen molar-refractivity contribution in [1.29, 1.82) is 0 Å². The molecule has 1 unspecified atom stereocenters. The number of thioether (sulfide) groups is 1. The third-order valence-electron chi connectivity index (χ3n) is 7.02. The van der Waals surface area contributed by atoms with E-state index in [1.165, 1.54) is 28.0 Å². The minimum Gasteiger partial charge on any atom is -0.321 e. The molecule has 232 valence electrons. The first kappa shape index (κ1) is 31.3. The molecule has 0 aliphatic carbocycles. The van der Waals surface area contributed by atoms with Crippen LogP contribution in [0.3, 0.4) is 0 Å². The van der Waals surface area contributed by atoms with E-state index in [1.807, 2.05) is 53.2 Å². The highest BCUT2D eigenvalue weighted by Gasteiger charge is 2.40. The predicted octanol–water partition coefficient (Wildman–Crippen LogP) is 8.00. The van der Waals surface area contributed by atoms with Gasteiger partial charge in [-0.3, -0.25) is 19.2 Å². The summed E-state index contributed by atoms with van der Waals surface area (Å²) in [5, 5.41) is 17.1. The molecular weight excluding hydrogens is 631 g/mol. The van der Waals surface area contributed by atoms with Crippen LogP contribution in [0, 0.1) is 0 Å². The van der Waals surface area contributed by atoms with Gasteiger partial charge in [-0.2, -0.15) is 21.6 Å². The number of hydrogen-bond acceptors (Lipinski definition) is 8. The van der Waals surface area contributed by atoms with Crippen molar-refractivity contribution < 1.29 is 19.2 Å². The summed E-state index contributed by atoms with van der Waals surface area (Å²) in [6.07, 6.45) is 1.68. The summed E-state index contributed by atoms with van der Waals surface area (Å²) < 4.78 is 0. The second-order valence-electron chi connectivity index (χ2n) is 10.3. The zero-order valence-electron chi connectivity index (χ0n) is 24.8. The summed E-state index contributed by atoms with van der Waals surface area (Å²) in [4.78, 5) is 54.2. The Bertz CT molecular complexity index is 1940. The second-order valence-corrected chi connectivity index (χ2v) is 12.4. The Kier molecular flexibility index (Phi) is 9.75. The molecule has 1 atom stereocenters. The zero-order valence-corrected chi connectivity index (χ0v) is 26.4. The number of azo groups is 1. The van der Waals surface area contributed by atoms with Crippen molar-refractivity contribution in [2.45, 2.75) is 16.6 Å². The number of anilines is 2. The average molecular weight is 658 g/mol. The van der Waals surface area contributed by atoms with Crippen molar-refractivity contribution in [2.24, 2.45) is 10.2 Å². The molecule has 1 saturated heterocycles. The van der Waals surface area contributed by atoms with Gasteiger partial charge in [0.2, 0.25) is 11.8 Å². The number of imide groups is 1. The van der Waals surface area contributed by atoms with Crippen molar-refractivity contribution in [2.75, 3.05) is 10.2 Å². The van der Waals surface area contributed by atoms with E-state index in [-0.39, 0.29) is 23.9 Å². The number of hydrogen-bond donors (Lipinski definition) is 2. The lowest BCUT2D eigenvalue weighted by Crippen LogP contribution is -2.31. The Morgan fingerprint density at radius 2 is 1.47 bits per heavy atom. The van der Waals surface area contributed by atoms with Gasteiger partial charge in [-0.15, -0.1) is 11.8 Å². The van der Waals surface area contributed by atoms with Gasteiger partial charge in [-0.25, -0.2) is 4.90 Å². The van der Waals surface area contributed by atoms with E-state index in [4.69, 9.17) is 0 Å². The lowest BCUT2D eigenvalue weighted by Gasteiger charge is -2.15. The summed E-state index contributed by atoms with van der Waals surface area (Å²) in [6, 6.07) is 33.6. The lowest BCUT2D eigenvalue weighted by molar-refractivity contribution is -0.121. The van der Waals surface area contributed by atoms with E-state index >= 15 is 0 Å². The number of thiophene rings is 1. The quantitative estimate of drug-likeness (QED) is 0.0896. The third-order valence-corrected chi connectivity index (χ3v) is 8.92. The molecule has 6 rings (SSSR count). The van der Waals surface area contributed by atoms with Crippen LogP contribution in [0.4, 0.5) is 22.7 Å². The molecule has 0 spiro atoms. The van der Waals surface area contributed by atoms with Gasteiger partial charge in [0.1, 0.15) is 5.70 Å². The van der Waals surface area contributed by atoms with E-state index in [2.05, 4.69) is 20.9 Å². The summed E-state index contributed by atoms with van der Waals surface area (Å²) in [7, 11) is 0. The molecule has 2 N–H and O–H groups in total. The molecule has 1 aliphatic heterocycles. The standard InChI is InChI=1S/C36H27N5O4S2/c42-33-22-32(36(45)41(33)29-15-11-28(12-16-29)40-39-27-9-5-2-6-10-27)47-30-17-13-26(14-18-30)37-35(44)31(21-24-19-20-46-23-24)38-34(43)25-7-3-1-4-8-25/h1-21,23,32H,22H2,(H,37,44)(H,38,43). The molecule has 11 heteroatoms. The lowest BCUT2D eigenvalue weighted by atomic mass is 10.2.